The zero-order valence-electron chi connectivity index (χ0n) is 12.5. The molecule has 6 nitrogen and oxygen atoms in total. The summed E-state index contributed by atoms with van der Waals surface area (Å²) >= 11 is 5.58. The highest BCUT2D eigenvalue weighted by atomic mass is 35.5. The van der Waals surface area contributed by atoms with Gasteiger partial charge in [0.15, 0.2) is 0 Å². The molecule has 8 heteroatoms. The number of nitrogens with one attached hydrogen (secondary N) is 1. The summed E-state index contributed by atoms with van der Waals surface area (Å²) in [5.74, 6) is -0.259. The Bertz CT molecular complexity index is 546. The molecule has 1 aliphatic carbocycles. The molecule has 2 rings (SSSR count). The first kappa shape index (κ1) is 17.8. The van der Waals surface area contributed by atoms with E-state index in [1.807, 2.05) is 0 Å². The van der Waals surface area contributed by atoms with Crippen molar-refractivity contribution in [3.8, 4) is 5.75 Å². The highest BCUT2D eigenvalue weighted by Crippen LogP contribution is 2.22. The van der Waals surface area contributed by atoms with Crippen LogP contribution in [0.4, 0.5) is 9.18 Å². The van der Waals surface area contributed by atoms with Crippen LogP contribution in [0.1, 0.15) is 19.3 Å². The largest absolute Gasteiger partial charge is 0.491 e. The number of ether oxygens (including phenoxy) is 2. The summed E-state index contributed by atoms with van der Waals surface area (Å²) in [5, 5.41) is 13.1. The minimum atomic E-state index is -0.765. The zero-order chi connectivity index (χ0) is 16.8. The van der Waals surface area contributed by atoms with Gasteiger partial charge in [-0.3, -0.25) is 0 Å². The Morgan fingerprint density at radius 2 is 2.30 bits per heavy atom. The van der Waals surface area contributed by atoms with Crippen LogP contribution in [0.3, 0.4) is 0 Å². The molecule has 128 valence electrons. The van der Waals surface area contributed by atoms with Gasteiger partial charge in [0.25, 0.3) is 0 Å². The van der Waals surface area contributed by atoms with Crippen LogP contribution < -0.4 is 15.8 Å². The first-order valence-electron chi connectivity index (χ1n) is 7.39. The number of hydrogen-bond donors (Lipinski definition) is 3. The Hall–Kier alpha value is -1.57. The van der Waals surface area contributed by atoms with Crippen molar-refractivity contribution in [2.24, 2.45) is 5.73 Å². The SMILES string of the molecule is NC(=O)O[C@H]1CC[C@H](NCC(O)COc2ccc(Cl)c(F)c2)C1. The first-order chi connectivity index (χ1) is 10.9. The van der Waals surface area contributed by atoms with Crippen LogP contribution in [0, 0.1) is 5.82 Å². The number of benzene rings is 1. The second-order valence-electron chi connectivity index (χ2n) is 5.52. The minimum Gasteiger partial charge on any atom is -0.491 e. The summed E-state index contributed by atoms with van der Waals surface area (Å²) in [5.41, 5.74) is 4.98. The van der Waals surface area contributed by atoms with Gasteiger partial charge < -0.3 is 25.6 Å². The number of aliphatic hydroxyl groups excluding tert-OH is 1. The van der Waals surface area contributed by atoms with E-state index in [0.717, 1.165) is 12.8 Å². The number of hydrogen-bond acceptors (Lipinski definition) is 5. The average Bonchev–Trinajstić information content (AvgIpc) is 2.93. The van der Waals surface area contributed by atoms with Crippen molar-refractivity contribution in [2.75, 3.05) is 13.2 Å². The molecule has 1 amide bonds. The zero-order valence-corrected chi connectivity index (χ0v) is 13.3. The average molecular weight is 347 g/mol. The van der Waals surface area contributed by atoms with E-state index in [4.69, 9.17) is 26.8 Å². The fraction of sp³-hybridized carbons (Fsp3) is 0.533. The van der Waals surface area contributed by atoms with E-state index in [9.17, 15) is 14.3 Å². The Morgan fingerprint density at radius 3 is 3.00 bits per heavy atom. The molecule has 0 spiro atoms. The van der Waals surface area contributed by atoms with Gasteiger partial charge in [-0.2, -0.15) is 0 Å². The van der Waals surface area contributed by atoms with Crippen LogP contribution in [0.15, 0.2) is 18.2 Å². The molecule has 3 atom stereocenters. The molecule has 0 bridgehead atoms. The van der Waals surface area contributed by atoms with Gasteiger partial charge in [0.05, 0.1) is 5.02 Å². The smallest absolute Gasteiger partial charge is 0.404 e. The predicted octanol–water partition coefficient (Wildman–Crippen LogP) is 1.82. The third-order valence-corrected chi connectivity index (χ3v) is 3.95. The second-order valence-corrected chi connectivity index (χ2v) is 5.93. The van der Waals surface area contributed by atoms with Crippen molar-refractivity contribution in [3.63, 3.8) is 0 Å². The number of carbonyl (C=O) groups is 1. The number of nitrogens with two attached hydrogens (primary N) is 1. The lowest BCUT2D eigenvalue weighted by Crippen LogP contribution is -2.37. The number of rotatable bonds is 7. The van der Waals surface area contributed by atoms with Crippen LogP contribution in [-0.4, -0.2) is 42.6 Å². The summed E-state index contributed by atoms with van der Waals surface area (Å²) in [6.07, 6.45) is 0.573. The Balaban J connectivity index is 1.66. The van der Waals surface area contributed by atoms with Crippen LogP contribution in [0.25, 0.3) is 0 Å². The Morgan fingerprint density at radius 1 is 1.52 bits per heavy atom. The number of carbonyl (C=O) groups excluding carboxylic acids is 1. The van der Waals surface area contributed by atoms with Gasteiger partial charge in [-0.25, -0.2) is 9.18 Å². The standard InChI is InChI=1S/C15H20ClFN2O4/c16-13-4-3-11(6-14(13)17)22-8-10(20)7-19-9-1-2-12(5-9)23-15(18)21/h3-4,6,9-10,12,19-20H,1-2,5,7-8H2,(H2,18,21)/t9-,10?,12-/m0/s1. The summed E-state index contributed by atoms with van der Waals surface area (Å²) in [6.45, 7) is 0.353. The van der Waals surface area contributed by atoms with Gasteiger partial charge >= 0.3 is 6.09 Å². The molecule has 1 fully saturated rings. The number of amides is 1. The molecule has 0 radical (unpaired) electrons. The minimum absolute atomic E-state index is 0.0218. The summed E-state index contributed by atoms with van der Waals surface area (Å²) in [6, 6.07) is 4.26. The van der Waals surface area contributed by atoms with Crippen molar-refractivity contribution >= 4 is 17.7 Å². The second kappa shape index (κ2) is 8.33. The van der Waals surface area contributed by atoms with Gasteiger partial charge in [0, 0.05) is 18.7 Å². The monoisotopic (exact) mass is 346 g/mol. The molecule has 1 saturated carbocycles. The molecule has 23 heavy (non-hydrogen) atoms. The molecular weight excluding hydrogens is 327 g/mol. The fourth-order valence-corrected chi connectivity index (χ4v) is 2.64. The van der Waals surface area contributed by atoms with E-state index in [0.29, 0.717) is 18.7 Å². The number of aliphatic hydroxyl groups is 1. The summed E-state index contributed by atoms with van der Waals surface area (Å²) < 4.78 is 23.5. The van der Waals surface area contributed by atoms with Gasteiger partial charge in [0.1, 0.15) is 30.4 Å². The van der Waals surface area contributed by atoms with Crippen LogP contribution in [0.2, 0.25) is 5.02 Å². The molecule has 1 aromatic carbocycles. The van der Waals surface area contributed by atoms with Crippen molar-refractivity contribution in [2.45, 2.75) is 37.5 Å². The number of primary amides is 1. The van der Waals surface area contributed by atoms with Crippen LogP contribution in [-0.2, 0) is 4.74 Å². The molecule has 1 unspecified atom stereocenters. The normalized spacial score (nSPS) is 21.9. The quantitative estimate of drug-likeness (QED) is 0.700. The maximum Gasteiger partial charge on any atom is 0.404 e. The fourth-order valence-electron chi connectivity index (χ4n) is 2.52. The molecule has 1 aliphatic rings. The van der Waals surface area contributed by atoms with Gasteiger partial charge in [-0.1, -0.05) is 11.6 Å². The van der Waals surface area contributed by atoms with Crippen LogP contribution in [0.5, 0.6) is 5.75 Å². The lowest BCUT2D eigenvalue weighted by molar-refractivity contribution is 0.0985. The van der Waals surface area contributed by atoms with E-state index in [1.54, 1.807) is 0 Å². The molecule has 4 N–H and O–H groups in total. The van der Waals surface area contributed by atoms with Gasteiger partial charge in [-0.15, -0.1) is 0 Å². The molecular formula is C15H20ClFN2O4. The van der Waals surface area contributed by atoms with Crippen molar-refractivity contribution in [3.05, 3.63) is 29.0 Å². The highest BCUT2D eigenvalue weighted by Gasteiger charge is 2.27. The maximum absolute atomic E-state index is 13.3. The van der Waals surface area contributed by atoms with Gasteiger partial charge in [0.2, 0.25) is 0 Å². The lowest BCUT2D eigenvalue weighted by atomic mass is 10.2. The van der Waals surface area contributed by atoms with E-state index >= 15 is 0 Å². The molecule has 0 aromatic heterocycles. The summed E-state index contributed by atoms with van der Waals surface area (Å²) in [4.78, 5) is 10.7. The molecule has 0 aliphatic heterocycles. The first-order valence-corrected chi connectivity index (χ1v) is 7.77. The summed E-state index contributed by atoms with van der Waals surface area (Å²) in [7, 11) is 0. The third kappa shape index (κ3) is 5.85. The third-order valence-electron chi connectivity index (χ3n) is 3.64. The lowest BCUT2D eigenvalue weighted by Gasteiger charge is -2.17. The maximum atomic E-state index is 13.3. The Kier molecular flexibility index (Phi) is 6.44. The molecule has 0 saturated heterocycles. The van der Waals surface area contributed by atoms with Crippen molar-refractivity contribution in [1.82, 2.24) is 5.32 Å². The highest BCUT2D eigenvalue weighted by molar-refractivity contribution is 6.30. The van der Waals surface area contributed by atoms with Crippen molar-refractivity contribution < 1.29 is 23.8 Å². The predicted molar refractivity (Wildman–Crippen MR) is 83.0 cm³/mol. The Labute approximate surface area is 138 Å². The van der Waals surface area contributed by atoms with E-state index < -0.39 is 18.0 Å². The molecule has 1 aromatic rings. The van der Waals surface area contributed by atoms with Crippen molar-refractivity contribution in [1.29, 1.82) is 0 Å². The van der Waals surface area contributed by atoms with E-state index in [-0.39, 0.29) is 23.8 Å². The van der Waals surface area contributed by atoms with E-state index in [1.165, 1.54) is 18.2 Å². The van der Waals surface area contributed by atoms with Crippen LogP contribution >= 0.6 is 11.6 Å². The number of halogens is 2. The van der Waals surface area contributed by atoms with E-state index in [2.05, 4.69) is 5.32 Å². The topological polar surface area (TPSA) is 93.8 Å². The van der Waals surface area contributed by atoms with Gasteiger partial charge in [-0.05, 0) is 31.4 Å². The molecule has 0 heterocycles.